The average Bonchev–Trinajstić information content (AvgIpc) is 3.11. The molecule has 0 saturated carbocycles. The quantitative estimate of drug-likeness (QED) is 0.719. The number of hydrogen-bond donors (Lipinski definition) is 0. The zero-order valence-corrected chi connectivity index (χ0v) is 15.8. The average molecular weight is 344 g/mol. The van der Waals surface area contributed by atoms with E-state index in [0.29, 0.717) is 19.3 Å². The first-order chi connectivity index (χ1) is 12.0. The molecule has 0 bridgehead atoms. The highest BCUT2D eigenvalue weighted by molar-refractivity contribution is 5.97. The van der Waals surface area contributed by atoms with Crippen molar-refractivity contribution in [3.05, 3.63) is 41.5 Å². The Morgan fingerprint density at radius 3 is 2.40 bits per heavy atom. The predicted octanol–water partition coefficient (Wildman–Crippen LogP) is 4.13. The van der Waals surface area contributed by atoms with Crippen molar-refractivity contribution < 1.29 is 19.0 Å². The largest absolute Gasteiger partial charge is 0.468 e. The molecule has 2 aliphatic carbocycles. The molecule has 0 radical (unpaired) electrons. The minimum Gasteiger partial charge on any atom is -0.468 e. The first-order valence-corrected chi connectivity index (χ1v) is 9.25. The van der Waals surface area contributed by atoms with Crippen molar-refractivity contribution >= 4 is 11.5 Å². The van der Waals surface area contributed by atoms with Gasteiger partial charge < -0.3 is 14.2 Å². The lowest BCUT2D eigenvalue weighted by Crippen LogP contribution is -2.42. The monoisotopic (exact) mass is 344 g/mol. The summed E-state index contributed by atoms with van der Waals surface area (Å²) in [6, 6.07) is 8.19. The maximum absolute atomic E-state index is 12.6. The van der Waals surface area contributed by atoms with Gasteiger partial charge in [0.2, 0.25) is 0 Å². The summed E-state index contributed by atoms with van der Waals surface area (Å²) < 4.78 is 17.4. The van der Waals surface area contributed by atoms with E-state index in [1.54, 1.807) is 0 Å². The standard InChI is InChI=1S/C19H22O4.C2H6/c1-12-13(2)23-19(22-12)9-8-18(17(20)21-3)10-14-6-4-5-7-15(14)16(18)11-19;1-2/h4-7,11-13H,8-10H2,1-3H3;1-2H3. The van der Waals surface area contributed by atoms with Crippen LogP contribution >= 0.6 is 0 Å². The molecule has 3 unspecified atom stereocenters. The van der Waals surface area contributed by atoms with E-state index < -0.39 is 11.2 Å². The molecule has 4 nitrogen and oxygen atoms in total. The van der Waals surface area contributed by atoms with Crippen molar-refractivity contribution in [3.63, 3.8) is 0 Å². The Morgan fingerprint density at radius 2 is 1.76 bits per heavy atom. The van der Waals surface area contributed by atoms with Crippen LogP contribution in [0.4, 0.5) is 0 Å². The van der Waals surface area contributed by atoms with Crippen molar-refractivity contribution in [3.8, 4) is 0 Å². The van der Waals surface area contributed by atoms with Crippen LogP contribution in [-0.4, -0.2) is 31.1 Å². The summed E-state index contributed by atoms with van der Waals surface area (Å²) in [4.78, 5) is 12.6. The second-order valence-electron chi connectivity index (χ2n) is 6.92. The van der Waals surface area contributed by atoms with Gasteiger partial charge in [-0.25, -0.2) is 0 Å². The Labute approximate surface area is 150 Å². The second kappa shape index (κ2) is 6.58. The number of carbonyl (C=O) groups excluding carboxylic acids is 1. The van der Waals surface area contributed by atoms with Crippen LogP contribution in [0, 0.1) is 5.41 Å². The van der Waals surface area contributed by atoms with Crippen LogP contribution in [0.3, 0.4) is 0 Å². The number of methoxy groups -OCH3 is 1. The van der Waals surface area contributed by atoms with Crippen LogP contribution in [0.25, 0.3) is 5.57 Å². The van der Waals surface area contributed by atoms with Crippen LogP contribution in [0.5, 0.6) is 0 Å². The van der Waals surface area contributed by atoms with Gasteiger partial charge in [-0.3, -0.25) is 4.79 Å². The first kappa shape index (κ1) is 18.2. The summed E-state index contributed by atoms with van der Waals surface area (Å²) in [6.45, 7) is 8.06. The Balaban J connectivity index is 0.000000880. The van der Waals surface area contributed by atoms with Gasteiger partial charge in [-0.05, 0) is 49.5 Å². The summed E-state index contributed by atoms with van der Waals surface area (Å²) in [5.74, 6) is -0.864. The van der Waals surface area contributed by atoms with E-state index in [1.165, 1.54) is 12.7 Å². The molecule has 1 aromatic rings. The van der Waals surface area contributed by atoms with Gasteiger partial charge in [0.15, 0.2) is 5.79 Å². The van der Waals surface area contributed by atoms with E-state index >= 15 is 0 Å². The molecule has 4 rings (SSSR count). The molecule has 3 atom stereocenters. The third-order valence-electron chi connectivity index (χ3n) is 5.59. The molecule has 1 spiro atoms. The Kier molecular flexibility index (Phi) is 4.78. The van der Waals surface area contributed by atoms with Crippen LogP contribution in [0.1, 0.15) is 51.7 Å². The summed E-state index contributed by atoms with van der Waals surface area (Å²) in [5, 5.41) is 0. The molecule has 1 saturated heterocycles. The van der Waals surface area contributed by atoms with Gasteiger partial charge in [-0.2, -0.15) is 0 Å². The third-order valence-corrected chi connectivity index (χ3v) is 5.59. The molecule has 1 fully saturated rings. The van der Waals surface area contributed by atoms with E-state index in [9.17, 15) is 4.79 Å². The highest BCUT2D eigenvalue weighted by atomic mass is 16.8. The van der Waals surface area contributed by atoms with Gasteiger partial charge in [0, 0.05) is 6.42 Å². The molecule has 1 heterocycles. The molecule has 25 heavy (non-hydrogen) atoms. The molecule has 0 amide bonds. The first-order valence-electron chi connectivity index (χ1n) is 9.25. The van der Waals surface area contributed by atoms with E-state index in [-0.39, 0.29) is 18.2 Å². The van der Waals surface area contributed by atoms with Gasteiger partial charge in [0.1, 0.15) is 0 Å². The smallest absolute Gasteiger partial charge is 0.316 e. The number of ether oxygens (including phenoxy) is 3. The number of benzene rings is 1. The Hall–Kier alpha value is -1.65. The van der Waals surface area contributed by atoms with Gasteiger partial charge in [0.05, 0.1) is 24.7 Å². The van der Waals surface area contributed by atoms with Crippen LogP contribution in [0.2, 0.25) is 0 Å². The summed E-state index contributed by atoms with van der Waals surface area (Å²) in [7, 11) is 1.47. The Bertz CT molecular complexity index is 683. The van der Waals surface area contributed by atoms with E-state index in [4.69, 9.17) is 14.2 Å². The van der Waals surface area contributed by atoms with Gasteiger partial charge >= 0.3 is 5.97 Å². The van der Waals surface area contributed by atoms with E-state index in [2.05, 4.69) is 12.1 Å². The number of carbonyl (C=O) groups is 1. The van der Waals surface area contributed by atoms with Crippen molar-refractivity contribution in [2.45, 2.75) is 65.0 Å². The number of rotatable bonds is 1. The normalized spacial score (nSPS) is 35.3. The van der Waals surface area contributed by atoms with Crippen LogP contribution in [-0.2, 0) is 25.4 Å². The topological polar surface area (TPSA) is 44.8 Å². The minimum absolute atomic E-state index is 0.0501. The fourth-order valence-electron chi connectivity index (χ4n) is 4.25. The highest BCUT2D eigenvalue weighted by Gasteiger charge is 2.56. The summed E-state index contributed by atoms with van der Waals surface area (Å²) in [5.41, 5.74) is 2.73. The molecule has 0 N–H and O–H groups in total. The van der Waals surface area contributed by atoms with E-state index in [1.807, 2.05) is 45.9 Å². The third kappa shape index (κ3) is 2.72. The zero-order valence-electron chi connectivity index (χ0n) is 15.8. The van der Waals surface area contributed by atoms with Crippen molar-refractivity contribution in [1.82, 2.24) is 0 Å². The fraction of sp³-hybridized carbons (Fsp3) is 0.571. The lowest BCUT2D eigenvalue weighted by Gasteiger charge is -2.38. The second-order valence-corrected chi connectivity index (χ2v) is 6.92. The van der Waals surface area contributed by atoms with Gasteiger partial charge in [-0.15, -0.1) is 0 Å². The SMILES string of the molecule is CC.COC(=O)C12CCC3(C=C1c1ccccc1C2)OC(C)C(C)O3. The van der Waals surface area contributed by atoms with Crippen molar-refractivity contribution in [2.24, 2.45) is 5.41 Å². The maximum Gasteiger partial charge on any atom is 0.316 e. The molecule has 136 valence electrons. The van der Waals surface area contributed by atoms with Crippen LogP contribution in [0.15, 0.2) is 30.3 Å². The molecule has 1 aliphatic heterocycles. The maximum atomic E-state index is 12.6. The van der Waals surface area contributed by atoms with Crippen molar-refractivity contribution in [1.29, 1.82) is 0 Å². The summed E-state index contributed by atoms with van der Waals surface area (Å²) in [6.07, 6.45) is 4.19. The lowest BCUT2D eigenvalue weighted by molar-refractivity contribution is -0.160. The highest BCUT2D eigenvalue weighted by Crippen LogP contribution is 2.56. The number of hydrogen-bond acceptors (Lipinski definition) is 4. The van der Waals surface area contributed by atoms with Gasteiger partial charge in [0.25, 0.3) is 0 Å². The minimum atomic E-state index is -0.705. The number of fused-ring (bicyclic) bond motifs is 3. The fourth-order valence-corrected chi connectivity index (χ4v) is 4.25. The van der Waals surface area contributed by atoms with Crippen molar-refractivity contribution in [2.75, 3.05) is 7.11 Å². The lowest BCUT2D eigenvalue weighted by atomic mass is 9.71. The zero-order chi connectivity index (χ0) is 18.2. The summed E-state index contributed by atoms with van der Waals surface area (Å²) >= 11 is 0. The molecule has 3 aliphatic rings. The van der Waals surface area contributed by atoms with Crippen LogP contribution < -0.4 is 0 Å². The Morgan fingerprint density at radius 1 is 1.12 bits per heavy atom. The molecular weight excluding hydrogens is 316 g/mol. The molecule has 0 aromatic heterocycles. The molecule has 1 aromatic carbocycles. The van der Waals surface area contributed by atoms with Gasteiger partial charge in [-0.1, -0.05) is 38.1 Å². The molecular formula is C21H28O4. The van der Waals surface area contributed by atoms with E-state index in [0.717, 1.165) is 11.1 Å². The molecule has 4 heteroatoms. The predicted molar refractivity (Wildman–Crippen MR) is 97.0 cm³/mol. The number of esters is 1.